The molecule has 0 radical (unpaired) electrons. The standard InChI is InChI=1S/C14H28N2/c1-3-16-8-6-14(7-9-16)15-11-13-5-4-12(2)10-13/h12-15H,3-11H2,1-2H3. The third kappa shape index (κ3) is 3.46. The van der Waals surface area contributed by atoms with Gasteiger partial charge in [-0.15, -0.1) is 0 Å². The number of rotatable bonds is 4. The van der Waals surface area contributed by atoms with E-state index in [1.165, 1.54) is 58.3 Å². The second-order valence-electron chi connectivity index (χ2n) is 5.90. The molecule has 94 valence electrons. The summed E-state index contributed by atoms with van der Waals surface area (Å²) in [5, 5.41) is 3.80. The van der Waals surface area contributed by atoms with Crippen molar-refractivity contribution in [1.82, 2.24) is 10.2 Å². The summed E-state index contributed by atoms with van der Waals surface area (Å²) in [6, 6.07) is 0.804. The maximum atomic E-state index is 3.80. The molecule has 2 aliphatic rings. The van der Waals surface area contributed by atoms with Crippen molar-refractivity contribution in [3.8, 4) is 0 Å². The van der Waals surface area contributed by atoms with Crippen LogP contribution in [0.15, 0.2) is 0 Å². The van der Waals surface area contributed by atoms with E-state index in [1.807, 2.05) is 0 Å². The molecule has 0 aromatic heterocycles. The number of nitrogens with zero attached hydrogens (tertiary/aromatic N) is 1. The molecule has 2 atom stereocenters. The molecular weight excluding hydrogens is 196 g/mol. The average molecular weight is 224 g/mol. The Morgan fingerprint density at radius 3 is 2.44 bits per heavy atom. The zero-order valence-electron chi connectivity index (χ0n) is 11.0. The summed E-state index contributed by atoms with van der Waals surface area (Å²) in [6.07, 6.45) is 7.09. The lowest BCUT2D eigenvalue weighted by Gasteiger charge is -2.32. The predicted molar refractivity (Wildman–Crippen MR) is 69.6 cm³/mol. The van der Waals surface area contributed by atoms with Gasteiger partial charge < -0.3 is 10.2 Å². The zero-order chi connectivity index (χ0) is 11.4. The van der Waals surface area contributed by atoms with Crippen molar-refractivity contribution in [2.75, 3.05) is 26.2 Å². The van der Waals surface area contributed by atoms with Crippen LogP contribution < -0.4 is 5.32 Å². The number of hydrogen-bond donors (Lipinski definition) is 1. The summed E-state index contributed by atoms with van der Waals surface area (Å²) in [7, 11) is 0. The quantitative estimate of drug-likeness (QED) is 0.789. The minimum absolute atomic E-state index is 0.804. The van der Waals surface area contributed by atoms with Gasteiger partial charge in [0.25, 0.3) is 0 Å². The Labute approximate surface area is 101 Å². The van der Waals surface area contributed by atoms with Gasteiger partial charge in [-0.1, -0.05) is 20.3 Å². The van der Waals surface area contributed by atoms with Crippen molar-refractivity contribution in [2.24, 2.45) is 11.8 Å². The molecule has 1 aliphatic carbocycles. The predicted octanol–water partition coefficient (Wildman–Crippen LogP) is 2.50. The number of likely N-dealkylation sites (tertiary alicyclic amines) is 1. The molecule has 2 rings (SSSR count). The Kier molecular flexibility index (Phi) is 4.66. The van der Waals surface area contributed by atoms with Crippen LogP contribution in [-0.4, -0.2) is 37.1 Å². The molecular formula is C14H28N2. The molecule has 0 spiro atoms. The summed E-state index contributed by atoms with van der Waals surface area (Å²) >= 11 is 0. The highest BCUT2D eigenvalue weighted by Gasteiger charge is 2.23. The Balaban J connectivity index is 1.60. The normalized spacial score (nSPS) is 33.4. The molecule has 0 aromatic carbocycles. The second-order valence-corrected chi connectivity index (χ2v) is 5.90. The zero-order valence-corrected chi connectivity index (χ0v) is 11.0. The van der Waals surface area contributed by atoms with Crippen molar-refractivity contribution in [3.63, 3.8) is 0 Å². The molecule has 2 unspecified atom stereocenters. The van der Waals surface area contributed by atoms with Crippen LogP contribution in [0.5, 0.6) is 0 Å². The molecule has 1 saturated carbocycles. The van der Waals surface area contributed by atoms with E-state index < -0.39 is 0 Å². The van der Waals surface area contributed by atoms with Gasteiger partial charge in [-0.2, -0.15) is 0 Å². The van der Waals surface area contributed by atoms with Gasteiger partial charge >= 0.3 is 0 Å². The topological polar surface area (TPSA) is 15.3 Å². The maximum Gasteiger partial charge on any atom is 0.00915 e. The van der Waals surface area contributed by atoms with Gasteiger partial charge in [0, 0.05) is 6.04 Å². The van der Waals surface area contributed by atoms with Crippen LogP contribution in [0.1, 0.15) is 46.0 Å². The Bertz CT molecular complexity index is 197. The largest absolute Gasteiger partial charge is 0.314 e. The first kappa shape index (κ1) is 12.4. The van der Waals surface area contributed by atoms with E-state index in [-0.39, 0.29) is 0 Å². The summed E-state index contributed by atoms with van der Waals surface area (Å²) < 4.78 is 0. The van der Waals surface area contributed by atoms with Gasteiger partial charge in [-0.05, 0) is 63.7 Å². The molecule has 0 bridgehead atoms. The van der Waals surface area contributed by atoms with Crippen LogP contribution in [0, 0.1) is 11.8 Å². The van der Waals surface area contributed by atoms with Crippen LogP contribution in [0.4, 0.5) is 0 Å². The van der Waals surface area contributed by atoms with E-state index in [1.54, 1.807) is 0 Å². The van der Waals surface area contributed by atoms with E-state index in [4.69, 9.17) is 0 Å². The molecule has 1 N–H and O–H groups in total. The van der Waals surface area contributed by atoms with E-state index in [9.17, 15) is 0 Å². The monoisotopic (exact) mass is 224 g/mol. The van der Waals surface area contributed by atoms with Gasteiger partial charge in [-0.25, -0.2) is 0 Å². The lowest BCUT2D eigenvalue weighted by molar-refractivity contribution is 0.203. The highest BCUT2D eigenvalue weighted by Crippen LogP contribution is 2.29. The lowest BCUT2D eigenvalue weighted by atomic mass is 10.0. The minimum atomic E-state index is 0.804. The van der Waals surface area contributed by atoms with Crippen molar-refractivity contribution >= 4 is 0 Å². The number of hydrogen-bond acceptors (Lipinski definition) is 2. The van der Waals surface area contributed by atoms with Gasteiger partial charge in [0.15, 0.2) is 0 Å². The molecule has 0 aromatic rings. The van der Waals surface area contributed by atoms with Crippen molar-refractivity contribution in [3.05, 3.63) is 0 Å². The van der Waals surface area contributed by atoms with Crippen LogP contribution >= 0.6 is 0 Å². The summed E-state index contributed by atoms with van der Waals surface area (Å²) in [4.78, 5) is 2.57. The first-order valence-electron chi connectivity index (χ1n) is 7.23. The third-order valence-corrected chi connectivity index (χ3v) is 4.53. The van der Waals surface area contributed by atoms with Gasteiger partial charge in [0.2, 0.25) is 0 Å². The van der Waals surface area contributed by atoms with Gasteiger partial charge in [-0.3, -0.25) is 0 Å². The highest BCUT2D eigenvalue weighted by molar-refractivity contribution is 4.80. The van der Waals surface area contributed by atoms with Crippen molar-refractivity contribution in [2.45, 2.75) is 52.0 Å². The second kappa shape index (κ2) is 6.02. The molecule has 1 saturated heterocycles. The highest BCUT2D eigenvalue weighted by atomic mass is 15.1. The first-order chi connectivity index (χ1) is 7.78. The molecule has 0 amide bonds. The SMILES string of the molecule is CCN1CCC(NCC2CCC(C)C2)CC1. The average Bonchev–Trinajstić information content (AvgIpc) is 2.73. The minimum Gasteiger partial charge on any atom is -0.314 e. The molecule has 2 nitrogen and oxygen atoms in total. The fraction of sp³-hybridized carbons (Fsp3) is 1.00. The lowest BCUT2D eigenvalue weighted by Crippen LogP contribution is -2.43. The van der Waals surface area contributed by atoms with Gasteiger partial charge in [0.05, 0.1) is 0 Å². The fourth-order valence-corrected chi connectivity index (χ4v) is 3.30. The summed E-state index contributed by atoms with van der Waals surface area (Å²) in [5.41, 5.74) is 0. The number of nitrogens with one attached hydrogen (secondary N) is 1. The Morgan fingerprint density at radius 2 is 1.88 bits per heavy atom. The molecule has 1 aliphatic heterocycles. The summed E-state index contributed by atoms with van der Waals surface area (Å²) in [5.74, 6) is 1.95. The van der Waals surface area contributed by atoms with Gasteiger partial charge in [0.1, 0.15) is 0 Å². The maximum absolute atomic E-state index is 3.80. The van der Waals surface area contributed by atoms with Crippen molar-refractivity contribution < 1.29 is 0 Å². The van der Waals surface area contributed by atoms with Crippen molar-refractivity contribution in [1.29, 1.82) is 0 Å². The summed E-state index contributed by atoms with van der Waals surface area (Å²) in [6.45, 7) is 9.78. The smallest absolute Gasteiger partial charge is 0.00915 e. The Hall–Kier alpha value is -0.0800. The van der Waals surface area contributed by atoms with E-state index >= 15 is 0 Å². The molecule has 2 heteroatoms. The van der Waals surface area contributed by atoms with E-state index in [0.29, 0.717) is 0 Å². The van der Waals surface area contributed by atoms with Crippen LogP contribution in [0.3, 0.4) is 0 Å². The third-order valence-electron chi connectivity index (χ3n) is 4.53. The van der Waals surface area contributed by atoms with E-state index in [0.717, 1.165) is 17.9 Å². The fourth-order valence-electron chi connectivity index (χ4n) is 3.30. The molecule has 2 fully saturated rings. The van der Waals surface area contributed by atoms with Crippen LogP contribution in [0.25, 0.3) is 0 Å². The number of piperidine rings is 1. The molecule has 1 heterocycles. The Morgan fingerprint density at radius 1 is 1.12 bits per heavy atom. The van der Waals surface area contributed by atoms with Crippen LogP contribution in [-0.2, 0) is 0 Å². The molecule has 16 heavy (non-hydrogen) atoms. The first-order valence-corrected chi connectivity index (χ1v) is 7.23. The van der Waals surface area contributed by atoms with Crippen LogP contribution in [0.2, 0.25) is 0 Å². The van der Waals surface area contributed by atoms with E-state index in [2.05, 4.69) is 24.1 Å².